The molecular weight excluding hydrogens is 168 g/mol. The summed E-state index contributed by atoms with van der Waals surface area (Å²) in [7, 11) is 1.90. The van der Waals surface area contributed by atoms with Crippen molar-refractivity contribution in [1.82, 2.24) is 19.1 Å². The fourth-order valence-corrected chi connectivity index (χ4v) is 1.16. The minimum atomic E-state index is -0.0442. The Morgan fingerprint density at radius 1 is 1.46 bits per heavy atom. The zero-order chi connectivity index (χ0) is 9.26. The van der Waals surface area contributed by atoms with Crippen LogP contribution in [0, 0.1) is 0 Å². The number of hydrogen-bond acceptors (Lipinski definition) is 3. The molecule has 0 saturated carbocycles. The summed E-state index contributed by atoms with van der Waals surface area (Å²) in [5.41, 5.74) is 0.642. The van der Waals surface area contributed by atoms with Gasteiger partial charge in [0.15, 0.2) is 0 Å². The summed E-state index contributed by atoms with van der Waals surface area (Å²) in [4.78, 5) is 8.13. The molecule has 68 valence electrons. The van der Waals surface area contributed by atoms with E-state index < -0.39 is 0 Å². The molecule has 0 aliphatic rings. The highest BCUT2D eigenvalue weighted by Crippen LogP contribution is 2.04. The third kappa shape index (κ3) is 1.33. The lowest BCUT2D eigenvalue weighted by molar-refractivity contribution is 0.277. The average molecular weight is 178 g/mol. The van der Waals surface area contributed by atoms with Crippen LogP contribution in [-0.2, 0) is 13.7 Å². The van der Waals surface area contributed by atoms with Crippen LogP contribution in [0.25, 0.3) is 5.95 Å². The summed E-state index contributed by atoms with van der Waals surface area (Å²) in [6.45, 7) is -0.0442. The Hall–Kier alpha value is -1.62. The SMILES string of the molecule is Cn1ccnc1-n1cnc(CO)c1. The largest absolute Gasteiger partial charge is 0.390 e. The fraction of sp³-hybridized carbons (Fsp3) is 0.250. The predicted molar refractivity (Wildman–Crippen MR) is 46.3 cm³/mol. The van der Waals surface area contributed by atoms with E-state index in [9.17, 15) is 0 Å². The van der Waals surface area contributed by atoms with Crippen molar-refractivity contribution in [2.45, 2.75) is 6.61 Å². The van der Waals surface area contributed by atoms with Crippen molar-refractivity contribution in [2.75, 3.05) is 0 Å². The van der Waals surface area contributed by atoms with Gasteiger partial charge in [0, 0.05) is 25.6 Å². The molecule has 0 atom stereocenters. The quantitative estimate of drug-likeness (QED) is 0.709. The van der Waals surface area contributed by atoms with Gasteiger partial charge in [0.05, 0.1) is 12.3 Å². The highest BCUT2D eigenvalue weighted by atomic mass is 16.3. The molecule has 2 heterocycles. The minimum Gasteiger partial charge on any atom is -0.390 e. The van der Waals surface area contributed by atoms with Gasteiger partial charge in [0.2, 0.25) is 5.95 Å². The number of rotatable bonds is 2. The number of nitrogens with zero attached hydrogens (tertiary/aromatic N) is 4. The molecule has 0 unspecified atom stereocenters. The zero-order valence-corrected chi connectivity index (χ0v) is 7.25. The number of aromatic nitrogens is 4. The molecule has 2 rings (SSSR count). The third-order valence-electron chi connectivity index (χ3n) is 1.82. The second-order valence-electron chi connectivity index (χ2n) is 2.77. The number of aryl methyl sites for hydroxylation is 1. The van der Waals surface area contributed by atoms with Gasteiger partial charge in [-0.2, -0.15) is 0 Å². The maximum Gasteiger partial charge on any atom is 0.214 e. The molecule has 0 aliphatic carbocycles. The monoisotopic (exact) mass is 178 g/mol. The van der Waals surface area contributed by atoms with Gasteiger partial charge in [0.25, 0.3) is 0 Å². The van der Waals surface area contributed by atoms with Crippen LogP contribution in [0.3, 0.4) is 0 Å². The summed E-state index contributed by atoms with van der Waals surface area (Å²) >= 11 is 0. The van der Waals surface area contributed by atoms with Crippen LogP contribution in [0.5, 0.6) is 0 Å². The minimum absolute atomic E-state index is 0.0442. The van der Waals surface area contributed by atoms with E-state index in [1.165, 1.54) is 0 Å². The van der Waals surface area contributed by atoms with E-state index in [-0.39, 0.29) is 6.61 Å². The Kier molecular flexibility index (Phi) is 1.86. The van der Waals surface area contributed by atoms with E-state index >= 15 is 0 Å². The molecule has 13 heavy (non-hydrogen) atoms. The maximum atomic E-state index is 8.81. The summed E-state index contributed by atoms with van der Waals surface area (Å²) in [5, 5.41) is 8.81. The molecule has 2 aromatic rings. The van der Waals surface area contributed by atoms with Crippen LogP contribution < -0.4 is 0 Å². The Bertz CT molecular complexity index is 404. The predicted octanol–water partition coefficient (Wildman–Crippen LogP) is 0.0981. The van der Waals surface area contributed by atoms with Crippen LogP contribution in [0.4, 0.5) is 0 Å². The highest BCUT2D eigenvalue weighted by molar-refractivity contribution is 5.14. The first kappa shape index (κ1) is 8.00. The van der Waals surface area contributed by atoms with Crippen LogP contribution in [0.2, 0.25) is 0 Å². The van der Waals surface area contributed by atoms with E-state index in [0.29, 0.717) is 5.69 Å². The Morgan fingerprint density at radius 3 is 2.85 bits per heavy atom. The van der Waals surface area contributed by atoms with Crippen molar-refractivity contribution < 1.29 is 5.11 Å². The molecule has 0 fully saturated rings. The van der Waals surface area contributed by atoms with Crippen LogP contribution in [0.1, 0.15) is 5.69 Å². The van der Waals surface area contributed by atoms with Crippen LogP contribution in [0.15, 0.2) is 24.9 Å². The first-order valence-electron chi connectivity index (χ1n) is 3.92. The normalized spacial score (nSPS) is 10.6. The molecule has 5 heteroatoms. The van der Waals surface area contributed by atoms with Gasteiger partial charge in [0.1, 0.15) is 6.33 Å². The zero-order valence-electron chi connectivity index (χ0n) is 7.25. The first-order valence-corrected chi connectivity index (χ1v) is 3.92. The molecular formula is C8H10N4O. The van der Waals surface area contributed by atoms with Gasteiger partial charge in [-0.3, -0.25) is 4.57 Å². The van der Waals surface area contributed by atoms with Gasteiger partial charge in [-0.25, -0.2) is 9.97 Å². The molecule has 0 radical (unpaired) electrons. The van der Waals surface area contributed by atoms with E-state index in [2.05, 4.69) is 9.97 Å². The Balaban J connectivity index is 2.41. The smallest absolute Gasteiger partial charge is 0.214 e. The third-order valence-corrected chi connectivity index (χ3v) is 1.82. The van der Waals surface area contributed by atoms with Gasteiger partial charge in [-0.15, -0.1) is 0 Å². The summed E-state index contributed by atoms with van der Waals surface area (Å²) in [6.07, 6.45) is 6.96. The second-order valence-corrected chi connectivity index (χ2v) is 2.77. The van der Waals surface area contributed by atoms with Crippen LogP contribution >= 0.6 is 0 Å². The number of imidazole rings is 2. The Labute approximate surface area is 75.3 Å². The summed E-state index contributed by atoms with van der Waals surface area (Å²) in [6, 6.07) is 0. The van der Waals surface area contributed by atoms with Crippen molar-refractivity contribution in [1.29, 1.82) is 0 Å². The topological polar surface area (TPSA) is 55.9 Å². The Morgan fingerprint density at radius 2 is 2.31 bits per heavy atom. The van der Waals surface area contributed by atoms with Crippen LogP contribution in [-0.4, -0.2) is 24.2 Å². The van der Waals surface area contributed by atoms with Crippen molar-refractivity contribution in [3.8, 4) is 5.95 Å². The molecule has 0 amide bonds. The number of hydrogen-bond donors (Lipinski definition) is 1. The lowest BCUT2D eigenvalue weighted by Crippen LogP contribution is -1.99. The van der Waals surface area contributed by atoms with Crippen molar-refractivity contribution >= 4 is 0 Å². The molecule has 0 saturated heterocycles. The van der Waals surface area contributed by atoms with Crippen molar-refractivity contribution in [2.24, 2.45) is 7.05 Å². The van der Waals surface area contributed by atoms with Gasteiger partial charge in [-0.1, -0.05) is 0 Å². The van der Waals surface area contributed by atoms with Gasteiger partial charge >= 0.3 is 0 Å². The van der Waals surface area contributed by atoms with Gasteiger partial charge < -0.3 is 9.67 Å². The summed E-state index contributed by atoms with van der Waals surface area (Å²) in [5.74, 6) is 0.784. The van der Waals surface area contributed by atoms with Crippen molar-refractivity contribution in [3.63, 3.8) is 0 Å². The van der Waals surface area contributed by atoms with E-state index in [0.717, 1.165) is 5.95 Å². The molecule has 1 N–H and O–H groups in total. The molecule has 2 aromatic heterocycles. The highest BCUT2D eigenvalue weighted by Gasteiger charge is 2.02. The van der Waals surface area contributed by atoms with E-state index in [1.54, 1.807) is 23.3 Å². The van der Waals surface area contributed by atoms with Gasteiger partial charge in [-0.05, 0) is 0 Å². The summed E-state index contributed by atoms with van der Waals surface area (Å²) < 4.78 is 3.65. The van der Waals surface area contributed by atoms with E-state index in [4.69, 9.17) is 5.11 Å². The second kappa shape index (κ2) is 3.02. The number of aliphatic hydroxyl groups is 1. The molecule has 0 spiro atoms. The first-order chi connectivity index (χ1) is 6.31. The lowest BCUT2D eigenvalue weighted by Gasteiger charge is -1.99. The van der Waals surface area contributed by atoms with Crippen molar-refractivity contribution in [3.05, 3.63) is 30.6 Å². The van der Waals surface area contributed by atoms with E-state index in [1.807, 2.05) is 17.8 Å². The number of aliphatic hydroxyl groups excluding tert-OH is 1. The average Bonchev–Trinajstić information content (AvgIpc) is 2.71. The standard InChI is InChI=1S/C8H10N4O/c1-11-3-2-9-8(11)12-4-7(5-13)10-6-12/h2-4,6,13H,5H2,1H3. The molecule has 5 nitrogen and oxygen atoms in total. The fourth-order valence-electron chi connectivity index (χ4n) is 1.16. The lowest BCUT2D eigenvalue weighted by atomic mass is 10.5. The molecule has 0 aliphatic heterocycles. The molecule has 0 aromatic carbocycles. The maximum absolute atomic E-state index is 8.81. The molecule has 0 bridgehead atoms.